The molecule has 0 heterocycles. The predicted octanol–water partition coefficient (Wildman–Crippen LogP) is 3.29. The summed E-state index contributed by atoms with van der Waals surface area (Å²) in [6.45, 7) is 15.0. The maximum atomic E-state index is 10.1. The quantitative estimate of drug-likeness (QED) is 0.357. The van der Waals surface area contributed by atoms with Crippen molar-refractivity contribution < 1.29 is 4.79 Å². The van der Waals surface area contributed by atoms with Gasteiger partial charge in [0.15, 0.2) is 0 Å². The highest BCUT2D eigenvalue weighted by Gasteiger charge is 1.89. The van der Waals surface area contributed by atoms with Crippen molar-refractivity contribution >= 4 is 6.29 Å². The zero-order valence-corrected chi connectivity index (χ0v) is 8.48. The highest BCUT2D eigenvalue weighted by atomic mass is 16.1. The average molecular weight is 166 g/mol. The van der Waals surface area contributed by atoms with Crippen molar-refractivity contribution in [2.75, 3.05) is 0 Å². The molecule has 12 heavy (non-hydrogen) atoms. The van der Waals surface area contributed by atoms with E-state index in [0.717, 1.165) is 17.4 Å². The first kappa shape index (κ1) is 13.5. The Labute approximate surface area is 75.5 Å². The minimum absolute atomic E-state index is 0.487. The predicted molar refractivity (Wildman–Crippen MR) is 55.1 cm³/mol. The molecule has 0 N–H and O–H groups in total. The van der Waals surface area contributed by atoms with E-state index >= 15 is 0 Å². The first-order valence-electron chi connectivity index (χ1n) is 4.06. The van der Waals surface area contributed by atoms with E-state index in [1.165, 1.54) is 0 Å². The maximum Gasteiger partial charge on any atom is 0.149 e. The van der Waals surface area contributed by atoms with E-state index in [9.17, 15) is 4.79 Å². The Hall–Kier alpha value is -1.11. The lowest BCUT2D eigenvalue weighted by Crippen LogP contribution is -1.80. The van der Waals surface area contributed by atoms with E-state index in [-0.39, 0.29) is 0 Å². The van der Waals surface area contributed by atoms with Gasteiger partial charge in [-0.05, 0) is 25.5 Å². The molecule has 0 aliphatic carbocycles. The summed E-state index contributed by atoms with van der Waals surface area (Å²) in [5.74, 6) is 0. The molecule has 68 valence electrons. The minimum Gasteiger partial charge on any atom is -0.298 e. The van der Waals surface area contributed by atoms with Gasteiger partial charge in [0.1, 0.15) is 6.29 Å². The molecule has 1 heteroatoms. The summed E-state index contributed by atoms with van der Waals surface area (Å²) < 4.78 is 0. The summed E-state index contributed by atoms with van der Waals surface area (Å²) in [6.07, 6.45) is 2.45. The standard InChI is InChI=1S/C9H12O.C2H6/c1-7(2)9(4)5-8(3)6-10;1-2/h5-6H,1,3H2,2,4H3;1-2H3/b9-5-;. The highest BCUT2D eigenvalue weighted by molar-refractivity contribution is 5.76. The van der Waals surface area contributed by atoms with Crippen LogP contribution in [0, 0.1) is 0 Å². The maximum absolute atomic E-state index is 10.1. The average Bonchev–Trinajstić information content (AvgIpc) is 2.07. The molecule has 0 spiro atoms. The molecular weight excluding hydrogens is 148 g/mol. The summed E-state index contributed by atoms with van der Waals surface area (Å²) in [7, 11) is 0. The molecule has 0 aromatic rings. The number of carbonyl (C=O) groups is 1. The summed E-state index contributed by atoms with van der Waals surface area (Å²) >= 11 is 0. The van der Waals surface area contributed by atoms with Crippen molar-refractivity contribution in [2.45, 2.75) is 27.7 Å². The van der Waals surface area contributed by atoms with Gasteiger partial charge in [-0.3, -0.25) is 4.79 Å². The van der Waals surface area contributed by atoms with Crippen molar-refractivity contribution in [1.82, 2.24) is 0 Å². The molecule has 0 unspecified atom stereocenters. The van der Waals surface area contributed by atoms with Crippen molar-refractivity contribution in [2.24, 2.45) is 0 Å². The zero-order valence-electron chi connectivity index (χ0n) is 8.48. The third-order valence-electron chi connectivity index (χ3n) is 1.23. The molecule has 0 amide bonds. The van der Waals surface area contributed by atoms with Crippen LogP contribution < -0.4 is 0 Å². The number of allylic oxidation sites excluding steroid dienone is 4. The Bertz CT molecular complexity index is 197. The molecule has 0 aliphatic heterocycles. The zero-order chi connectivity index (χ0) is 10.1. The summed E-state index contributed by atoms with van der Waals surface area (Å²) in [5, 5.41) is 0. The monoisotopic (exact) mass is 166 g/mol. The molecule has 0 atom stereocenters. The van der Waals surface area contributed by atoms with Crippen LogP contribution in [0.3, 0.4) is 0 Å². The second-order valence-electron chi connectivity index (χ2n) is 2.30. The molecule has 0 saturated carbocycles. The lowest BCUT2D eigenvalue weighted by Gasteiger charge is -1.95. The molecule has 0 fully saturated rings. The van der Waals surface area contributed by atoms with Crippen molar-refractivity contribution in [3.63, 3.8) is 0 Å². The Morgan fingerprint density at radius 1 is 1.17 bits per heavy atom. The van der Waals surface area contributed by atoms with Gasteiger partial charge in [-0.25, -0.2) is 0 Å². The fraction of sp³-hybridized carbons (Fsp3) is 0.364. The molecule has 0 bridgehead atoms. The van der Waals surface area contributed by atoms with Crippen molar-refractivity contribution in [1.29, 1.82) is 0 Å². The van der Waals surface area contributed by atoms with Gasteiger partial charge in [0.2, 0.25) is 0 Å². The number of hydrogen-bond acceptors (Lipinski definition) is 1. The van der Waals surface area contributed by atoms with Crippen molar-refractivity contribution in [3.8, 4) is 0 Å². The van der Waals surface area contributed by atoms with Gasteiger partial charge in [-0.15, -0.1) is 0 Å². The number of rotatable bonds is 3. The summed E-state index contributed by atoms with van der Waals surface area (Å²) in [6, 6.07) is 0. The third-order valence-corrected chi connectivity index (χ3v) is 1.23. The molecule has 0 aromatic carbocycles. The SMILES string of the molecule is C=C(C=O)/C=C(/C)C(=C)C.CC. The van der Waals surface area contributed by atoms with Gasteiger partial charge in [0.05, 0.1) is 0 Å². The Morgan fingerprint density at radius 3 is 1.83 bits per heavy atom. The van der Waals surface area contributed by atoms with Crippen molar-refractivity contribution in [3.05, 3.63) is 36.0 Å². The smallest absolute Gasteiger partial charge is 0.149 e. The number of carbonyl (C=O) groups excluding carboxylic acids is 1. The summed E-state index contributed by atoms with van der Waals surface area (Å²) in [4.78, 5) is 10.1. The van der Waals surface area contributed by atoms with Crippen LogP contribution in [0.2, 0.25) is 0 Å². The van der Waals surface area contributed by atoms with Crippen LogP contribution in [0.25, 0.3) is 0 Å². The van der Waals surface area contributed by atoms with E-state index in [1.807, 2.05) is 27.7 Å². The Balaban J connectivity index is 0. The van der Waals surface area contributed by atoms with Crippen LogP contribution in [0.1, 0.15) is 27.7 Å². The fourth-order valence-electron chi connectivity index (χ4n) is 0.435. The number of hydrogen-bond donors (Lipinski definition) is 0. The van der Waals surface area contributed by atoms with Gasteiger partial charge in [-0.2, -0.15) is 0 Å². The normalized spacial score (nSPS) is 9.50. The van der Waals surface area contributed by atoms with Crippen LogP contribution in [0.15, 0.2) is 36.0 Å². The van der Waals surface area contributed by atoms with Crippen LogP contribution >= 0.6 is 0 Å². The van der Waals surface area contributed by atoms with Crippen LogP contribution in [0.4, 0.5) is 0 Å². The number of aldehydes is 1. The van der Waals surface area contributed by atoms with Crippen LogP contribution in [-0.2, 0) is 4.79 Å². The van der Waals surface area contributed by atoms with E-state index < -0.39 is 0 Å². The van der Waals surface area contributed by atoms with Gasteiger partial charge < -0.3 is 0 Å². The van der Waals surface area contributed by atoms with Crippen LogP contribution in [-0.4, -0.2) is 6.29 Å². The fourth-order valence-corrected chi connectivity index (χ4v) is 0.435. The molecule has 1 nitrogen and oxygen atoms in total. The van der Waals surface area contributed by atoms with Crippen LogP contribution in [0.5, 0.6) is 0 Å². The summed E-state index contributed by atoms with van der Waals surface area (Å²) in [5.41, 5.74) is 2.45. The first-order chi connectivity index (χ1) is 5.57. The largest absolute Gasteiger partial charge is 0.298 e. The topological polar surface area (TPSA) is 17.1 Å². The highest BCUT2D eigenvalue weighted by Crippen LogP contribution is 2.06. The Kier molecular flexibility index (Phi) is 8.98. The first-order valence-corrected chi connectivity index (χ1v) is 4.06. The molecule has 0 saturated heterocycles. The third kappa shape index (κ3) is 7.00. The van der Waals surface area contributed by atoms with E-state index in [4.69, 9.17) is 0 Å². The van der Waals surface area contributed by atoms with Gasteiger partial charge in [0, 0.05) is 5.57 Å². The van der Waals surface area contributed by atoms with Gasteiger partial charge in [-0.1, -0.05) is 32.6 Å². The molecular formula is C11H18O. The lowest BCUT2D eigenvalue weighted by atomic mass is 10.1. The Morgan fingerprint density at radius 2 is 1.58 bits per heavy atom. The van der Waals surface area contributed by atoms with Gasteiger partial charge >= 0.3 is 0 Å². The van der Waals surface area contributed by atoms with E-state index in [0.29, 0.717) is 5.57 Å². The molecule has 0 radical (unpaired) electrons. The molecule has 0 aromatic heterocycles. The van der Waals surface area contributed by atoms with E-state index in [2.05, 4.69) is 13.2 Å². The second-order valence-corrected chi connectivity index (χ2v) is 2.30. The molecule has 0 rings (SSSR count). The van der Waals surface area contributed by atoms with Gasteiger partial charge in [0.25, 0.3) is 0 Å². The minimum atomic E-state index is 0.487. The second kappa shape index (κ2) is 7.99. The van der Waals surface area contributed by atoms with E-state index in [1.54, 1.807) is 6.08 Å². The lowest BCUT2D eigenvalue weighted by molar-refractivity contribution is -0.104. The molecule has 0 aliphatic rings.